The molecule has 0 radical (unpaired) electrons. The number of amides is 1. The van der Waals surface area contributed by atoms with Gasteiger partial charge in [0, 0.05) is 19.1 Å². The zero-order chi connectivity index (χ0) is 12.7. The number of hydrogen-bond donors (Lipinski definition) is 1. The molecule has 1 saturated heterocycles. The maximum Gasteiger partial charge on any atom is 0.410 e. The maximum atomic E-state index is 11.9. The van der Waals surface area contributed by atoms with Gasteiger partial charge >= 0.3 is 6.09 Å². The summed E-state index contributed by atoms with van der Waals surface area (Å²) in [6.45, 7) is 7.47. The van der Waals surface area contributed by atoms with E-state index in [-0.39, 0.29) is 11.7 Å². The fraction of sp³-hybridized carbons (Fsp3) is 0.923. The molecule has 0 aromatic heterocycles. The van der Waals surface area contributed by atoms with Crippen molar-refractivity contribution in [3.05, 3.63) is 0 Å². The molecule has 2 aliphatic rings. The molecule has 0 aromatic carbocycles. The second kappa shape index (κ2) is 4.16. The van der Waals surface area contributed by atoms with Gasteiger partial charge in [-0.3, -0.25) is 0 Å². The molecule has 1 aliphatic carbocycles. The first kappa shape index (κ1) is 12.7. The molecule has 0 atom stereocenters. The van der Waals surface area contributed by atoms with Gasteiger partial charge in [-0.2, -0.15) is 0 Å². The fourth-order valence-corrected chi connectivity index (χ4v) is 2.94. The molecular formula is C13H24N2O2. The Balaban J connectivity index is 1.84. The van der Waals surface area contributed by atoms with E-state index in [4.69, 9.17) is 4.74 Å². The second-order valence-electron chi connectivity index (χ2n) is 6.55. The quantitative estimate of drug-likeness (QED) is 0.762. The van der Waals surface area contributed by atoms with Crippen molar-refractivity contribution in [1.82, 2.24) is 10.2 Å². The Morgan fingerprint density at radius 1 is 1.41 bits per heavy atom. The van der Waals surface area contributed by atoms with Gasteiger partial charge in [0.1, 0.15) is 5.60 Å². The third-order valence-corrected chi connectivity index (χ3v) is 3.86. The largest absolute Gasteiger partial charge is 0.444 e. The van der Waals surface area contributed by atoms with Crippen molar-refractivity contribution in [3.63, 3.8) is 0 Å². The average molecular weight is 240 g/mol. The van der Waals surface area contributed by atoms with Crippen molar-refractivity contribution < 1.29 is 9.53 Å². The average Bonchev–Trinajstić information content (AvgIpc) is 2.56. The molecule has 17 heavy (non-hydrogen) atoms. The zero-order valence-corrected chi connectivity index (χ0v) is 11.4. The van der Waals surface area contributed by atoms with Crippen molar-refractivity contribution in [2.45, 2.75) is 51.7 Å². The molecule has 98 valence electrons. The minimum absolute atomic E-state index is 0.151. The van der Waals surface area contributed by atoms with E-state index >= 15 is 0 Å². The van der Waals surface area contributed by atoms with E-state index in [9.17, 15) is 4.79 Å². The fourth-order valence-electron chi connectivity index (χ4n) is 2.94. The van der Waals surface area contributed by atoms with Crippen LogP contribution in [0.3, 0.4) is 0 Å². The zero-order valence-electron chi connectivity index (χ0n) is 11.4. The Bertz CT molecular complexity index is 303. The molecule has 4 nitrogen and oxygen atoms in total. The van der Waals surface area contributed by atoms with Gasteiger partial charge in [-0.05, 0) is 52.5 Å². The predicted octanol–water partition coefficient (Wildman–Crippen LogP) is 2.00. The standard InChI is InChI=1S/C13H24N2O2/c1-12(2,3)17-11(16)15-6-5-13(9-15)7-10(8-13)14-4/h10,14H,5-9H2,1-4H3. The summed E-state index contributed by atoms with van der Waals surface area (Å²) >= 11 is 0. The van der Waals surface area contributed by atoms with Crippen LogP contribution in [0.25, 0.3) is 0 Å². The SMILES string of the molecule is CNC1CC2(CCN(C(=O)OC(C)(C)C)C2)C1. The molecule has 1 N–H and O–H groups in total. The molecule has 4 heteroatoms. The number of hydrogen-bond acceptors (Lipinski definition) is 3. The lowest BCUT2D eigenvalue weighted by atomic mass is 9.65. The first-order valence-corrected chi connectivity index (χ1v) is 6.49. The highest BCUT2D eigenvalue weighted by molar-refractivity contribution is 5.68. The number of likely N-dealkylation sites (tertiary alicyclic amines) is 1. The molecular weight excluding hydrogens is 216 g/mol. The van der Waals surface area contributed by atoms with Crippen LogP contribution in [0.1, 0.15) is 40.0 Å². The summed E-state index contributed by atoms with van der Waals surface area (Å²) in [5.74, 6) is 0. The highest BCUT2D eigenvalue weighted by atomic mass is 16.6. The molecule has 1 spiro atoms. The number of carbonyl (C=O) groups excluding carboxylic acids is 1. The Morgan fingerprint density at radius 2 is 2.06 bits per heavy atom. The van der Waals surface area contributed by atoms with Crippen LogP contribution in [0.4, 0.5) is 4.79 Å². The summed E-state index contributed by atoms with van der Waals surface area (Å²) in [5, 5.41) is 3.30. The third kappa shape index (κ3) is 2.73. The van der Waals surface area contributed by atoms with Gasteiger partial charge in [0.15, 0.2) is 0 Å². The van der Waals surface area contributed by atoms with Crippen molar-refractivity contribution >= 4 is 6.09 Å². The molecule has 0 bridgehead atoms. The summed E-state index contributed by atoms with van der Waals surface area (Å²) < 4.78 is 5.41. The van der Waals surface area contributed by atoms with Crippen LogP contribution in [-0.2, 0) is 4.74 Å². The number of nitrogens with one attached hydrogen (secondary N) is 1. The Morgan fingerprint density at radius 3 is 2.59 bits per heavy atom. The first-order valence-electron chi connectivity index (χ1n) is 6.49. The van der Waals surface area contributed by atoms with E-state index < -0.39 is 0 Å². The minimum Gasteiger partial charge on any atom is -0.444 e. The summed E-state index contributed by atoms with van der Waals surface area (Å²) in [5.41, 5.74) is -0.00938. The lowest BCUT2D eigenvalue weighted by Gasteiger charge is -2.45. The first-order chi connectivity index (χ1) is 7.84. The molecule has 2 rings (SSSR count). The normalized spacial score (nSPS) is 32.7. The van der Waals surface area contributed by atoms with Gasteiger partial charge < -0.3 is 15.0 Å². The van der Waals surface area contributed by atoms with Crippen LogP contribution < -0.4 is 5.32 Å². The predicted molar refractivity (Wildman–Crippen MR) is 66.9 cm³/mol. The molecule has 0 unspecified atom stereocenters. The van der Waals surface area contributed by atoms with E-state index in [1.807, 2.05) is 32.7 Å². The summed E-state index contributed by atoms with van der Waals surface area (Å²) in [6.07, 6.45) is 3.37. The summed E-state index contributed by atoms with van der Waals surface area (Å²) in [4.78, 5) is 13.8. The van der Waals surface area contributed by atoms with Gasteiger partial charge in [0.25, 0.3) is 0 Å². The van der Waals surface area contributed by atoms with E-state index in [0.29, 0.717) is 11.5 Å². The molecule has 1 amide bonds. The molecule has 1 aliphatic heterocycles. The molecule has 2 fully saturated rings. The van der Waals surface area contributed by atoms with Crippen molar-refractivity contribution in [2.75, 3.05) is 20.1 Å². The Hall–Kier alpha value is -0.770. The van der Waals surface area contributed by atoms with Gasteiger partial charge in [-0.1, -0.05) is 0 Å². The van der Waals surface area contributed by atoms with Gasteiger partial charge in [-0.15, -0.1) is 0 Å². The van der Waals surface area contributed by atoms with E-state index in [2.05, 4.69) is 5.32 Å². The van der Waals surface area contributed by atoms with Crippen LogP contribution in [-0.4, -0.2) is 42.8 Å². The van der Waals surface area contributed by atoms with Crippen LogP contribution >= 0.6 is 0 Å². The monoisotopic (exact) mass is 240 g/mol. The van der Waals surface area contributed by atoms with Crippen LogP contribution in [0.5, 0.6) is 0 Å². The number of nitrogens with zero attached hydrogens (tertiary/aromatic N) is 1. The molecule has 0 aromatic rings. The highest BCUT2D eigenvalue weighted by Crippen LogP contribution is 2.48. The molecule has 1 heterocycles. The highest BCUT2D eigenvalue weighted by Gasteiger charge is 2.49. The Kier molecular flexibility index (Phi) is 3.10. The van der Waals surface area contributed by atoms with Crippen LogP contribution in [0.15, 0.2) is 0 Å². The number of carbonyl (C=O) groups is 1. The van der Waals surface area contributed by atoms with Crippen molar-refractivity contribution in [3.8, 4) is 0 Å². The van der Waals surface area contributed by atoms with Crippen LogP contribution in [0, 0.1) is 5.41 Å². The Labute approximate surface area is 104 Å². The minimum atomic E-state index is -0.389. The van der Waals surface area contributed by atoms with Gasteiger partial charge in [0.2, 0.25) is 0 Å². The smallest absolute Gasteiger partial charge is 0.410 e. The topological polar surface area (TPSA) is 41.6 Å². The third-order valence-electron chi connectivity index (χ3n) is 3.86. The van der Waals surface area contributed by atoms with Gasteiger partial charge in [-0.25, -0.2) is 4.79 Å². The van der Waals surface area contributed by atoms with Gasteiger partial charge in [0.05, 0.1) is 0 Å². The van der Waals surface area contributed by atoms with E-state index in [1.165, 1.54) is 12.8 Å². The molecule has 1 saturated carbocycles. The number of rotatable bonds is 1. The lowest BCUT2D eigenvalue weighted by Crippen LogP contribution is -2.49. The maximum absolute atomic E-state index is 11.9. The summed E-state index contributed by atoms with van der Waals surface area (Å²) in [7, 11) is 2.01. The van der Waals surface area contributed by atoms with Crippen molar-refractivity contribution in [1.29, 1.82) is 0 Å². The lowest BCUT2D eigenvalue weighted by molar-refractivity contribution is 0.0221. The van der Waals surface area contributed by atoms with Crippen molar-refractivity contribution in [2.24, 2.45) is 5.41 Å². The summed E-state index contributed by atoms with van der Waals surface area (Å²) in [6, 6.07) is 0.647. The van der Waals surface area contributed by atoms with E-state index in [1.54, 1.807) is 0 Å². The van der Waals surface area contributed by atoms with Crippen LogP contribution in [0.2, 0.25) is 0 Å². The number of ether oxygens (including phenoxy) is 1. The van der Waals surface area contributed by atoms with E-state index in [0.717, 1.165) is 19.5 Å². The second-order valence-corrected chi connectivity index (χ2v) is 6.55.